The molecule has 114 valence electrons. The largest absolute Gasteiger partial charge is 0.501 e. The minimum Gasteiger partial charge on any atom is -0.501 e. The van der Waals surface area contributed by atoms with Crippen molar-refractivity contribution in [2.75, 3.05) is 0 Å². The smallest absolute Gasteiger partial charge is 0.387 e. The second-order valence-electron chi connectivity index (χ2n) is 4.73. The van der Waals surface area contributed by atoms with Crippen LogP contribution in [0.2, 0.25) is 0 Å². The molecule has 9 nitrogen and oxygen atoms in total. The summed E-state index contributed by atoms with van der Waals surface area (Å²) in [6.45, 7) is 0. The quantitative estimate of drug-likeness (QED) is 0.509. The Bertz CT molecular complexity index is 933. The van der Waals surface area contributed by atoms with Crippen LogP contribution in [0.15, 0.2) is 30.3 Å². The molecular weight excluding hydrogens is 308 g/mol. The maximum absolute atomic E-state index is 12.1. The van der Waals surface area contributed by atoms with E-state index in [4.69, 9.17) is 0 Å². The molecular formula is C14H6N2O7. The van der Waals surface area contributed by atoms with E-state index in [1.807, 2.05) is 0 Å². The third-order valence-electron chi connectivity index (χ3n) is 3.53. The Hall–Kier alpha value is -3.62. The van der Waals surface area contributed by atoms with Gasteiger partial charge in [-0.1, -0.05) is 24.3 Å². The normalized spacial score (nSPS) is 12.5. The average Bonchev–Trinajstić information content (AvgIpc) is 2.51. The first-order chi connectivity index (χ1) is 10.8. The van der Waals surface area contributed by atoms with Gasteiger partial charge in [0, 0.05) is 22.8 Å². The summed E-state index contributed by atoms with van der Waals surface area (Å²) in [4.78, 5) is 44.1. The number of nitro benzene ring substituents is 2. The number of hydrogen-bond donors (Lipinski definition) is 1. The number of fused-ring (bicyclic) bond motifs is 3. The van der Waals surface area contributed by atoms with E-state index in [9.17, 15) is 34.9 Å². The SMILES string of the molecule is O=C1C(=O)c2cc([N+](=O)[O-])c([N+](=O)[O-])c(O)c2-c2ccccc21. The van der Waals surface area contributed by atoms with Crippen molar-refractivity contribution < 1.29 is 24.5 Å². The Morgan fingerprint density at radius 1 is 0.870 bits per heavy atom. The van der Waals surface area contributed by atoms with Crippen LogP contribution < -0.4 is 0 Å². The minimum atomic E-state index is -1.12. The highest BCUT2D eigenvalue weighted by Gasteiger charge is 2.40. The lowest BCUT2D eigenvalue weighted by Gasteiger charge is -2.18. The van der Waals surface area contributed by atoms with Gasteiger partial charge in [0.2, 0.25) is 17.3 Å². The first-order valence-electron chi connectivity index (χ1n) is 6.21. The van der Waals surface area contributed by atoms with Crippen molar-refractivity contribution >= 4 is 22.9 Å². The lowest BCUT2D eigenvalue weighted by molar-refractivity contribution is -0.423. The van der Waals surface area contributed by atoms with Crippen LogP contribution >= 0.6 is 0 Å². The zero-order valence-corrected chi connectivity index (χ0v) is 11.2. The summed E-state index contributed by atoms with van der Waals surface area (Å²) >= 11 is 0. The highest BCUT2D eigenvalue weighted by atomic mass is 16.6. The summed E-state index contributed by atoms with van der Waals surface area (Å²) in [5, 5.41) is 32.2. The predicted molar refractivity (Wildman–Crippen MR) is 75.5 cm³/mol. The number of phenols is 1. The second-order valence-corrected chi connectivity index (χ2v) is 4.73. The molecule has 1 N–H and O–H groups in total. The van der Waals surface area contributed by atoms with Crippen molar-refractivity contribution in [2.45, 2.75) is 0 Å². The van der Waals surface area contributed by atoms with Crippen molar-refractivity contribution in [3.8, 4) is 16.9 Å². The maximum Gasteiger partial charge on any atom is 0.387 e. The van der Waals surface area contributed by atoms with E-state index < -0.39 is 44.1 Å². The van der Waals surface area contributed by atoms with Gasteiger partial charge in [0.05, 0.1) is 9.85 Å². The molecule has 0 heterocycles. The molecule has 0 aliphatic heterocycles. The molecule has 0 unspecified atom stereocenters. The number of nitrogens with zero attached hydrogens (tertiary/aromatic N) is 2. The standard InChI is InChI=1S/C14H6N2O7/c17-12-7-4-2-1-3-6(7)10-8(13(12)18)5-9(15(20)21)11(14(10)19)16(22)23/h1-5,19H. The molecule has 0 radical (unpaired) electrons. The van der Waals surface area contributed by atoms with Gasteiger partial charge in [-0.2, -0.15) is 0 Å². The van der Waals surface area contributed by atoms with Crippen LogP contribution in [0.3, 0.4) is 0 Å². The van der Waals surface area contributed by atoms with Gasteiger partial charge in [-0.15, -0.1) is 0 Å². The summed E-state index contributed by atoms with van der Waals surface area (Å²) < 4.78 is 0. The average molecular weight is 314 g/mol. The Labute approximate surface area is 127 Å². The van der Waals surface area contributed by atoms with E-state index in [0.29, 0.717) is 6.07 Å². The number of ketones is 2. The molecule has 0 fully saturated rings. The maximum atomic E-state index is 12.1. The number of rotatable bonds is 2. The van der Waals surface area contributed by atoms with Crippen molar-refractivity contribution in [1.29, 1.82) is 0 Å². The molecule has 0 spiro atoms. The van der Waals surface area contributed by atoms with Gasteiger partial charge in [-0.05, 0) is 5.56 Å². The number of carbonyl (C=O) groups excluding carboxylic acids is 2. The zero-order chi connectivity index (χ0) is 16.9. The van der Waals surface area contributed by atoms with Crippen LogP contribution in [0.25, 0.3) is 11.1 Å². The topological polar surface area (TPSA) is 141 Å². The Balaban J connectivity index is 2.50. The Morgan fingerprint density at radius 3 is 2.00 bits per heavy atom. The number of Topliss-reactive ketones (excluding diaryl/α,β-unsaturated/α-hetero) is 2. The van der Waals surface area contributed by atoms with E-state index in [1.165, 1.54) is 24.3 Å². The fourth-order valence-electron chi connectivity index (χ4n) is 2.56. The highest BCUT2D eigenvalue weighted by molar-refractivity contribution is 6.53. The van der Waals surface area contributed by atoms with E-state index >= 15 is 0 Å². The molecule has 23 heavy (non-hydrogen) atoms. The van der Waals surface area contributed by atoms with Crippen LogP contribution in [-0.2, 0) is 0 Å². The summed E-state index contributed by atoms with van der Waals surface area (Å²) in [6.07, 6.45) is 0. The third kappa shape index (κ3) is 1.87. The molecule has 0 bridgehead atoms. The summed E-state index contributed by atoms with van der Waals surface area (Å²) in [7, 11) is 0. The van der Waals surface area contributed by atoms with Crippen molar-refractivity contribution in [1.82, 2.24) is 0 Å². The molecule has 1 aliphatic carbocycles. The van der Waals surface area contributed by atoms with E-state index in [-0.39, 0.29) is 16.7 Å². The summed E-state index contributed by atoms with van der Waals surface area (Å²) in [5.41, 5.74) is -2.76. The number of carbonyl (C=O) groups is 2. The number of benzene rings is 2. The monoisotopic (exact) mass is 314 g/mol. The molecule has 2 aromatic rings. The van der Waals surface area contributed by atoms with E-state index in [1.54, 1.807) is 0 Å². The lowest BCUT2D eigenvalue weighted by Crippen LogP contribution is -2.21. The molecule has 9 heteroatoms. The molecule has 1 aliphatic rings. The molecule has 0 amide bonds. The Kier molecular flexibility index (Phi) is 2.93. The van der Waals surface area contributed by atoms with E-state index in [0.717, 1.165) is 0 Å². The molecule has 2 aromatic carbocycles. The summed E-state index contributed by atoms with van der Waals surface area (Å²) in [5.74, 6) is -2.96. The van der Waals surface area contributed by atoms with Crippen LogP contribution in [0.1, 0.15) is 20.7 Å². The van der Waals surface area contributed by atoms with Crippen LogP contribution in [0, 0.1) is 20.2 Å². The Morgan fingerprint density at radius 2 is 1.43 bits per heavy atom. The highest BCUT2D eigenvalue weighted by Crippen LogP contribution is 2.48. The molecule has 0 saturated carbocycles. The molecule has 0 saturated heterocycles. The fourth-order valence-corrected chi connectivity index (χ4v) is 2.56. The van der Waals surface area contributed by atoms with Gasteiger partial charge in [0.1, 0.15) is 0 Å². The van der Waals surface area contributed by atoms with Crippen LogP contribution in [0.5, 0.6) is 5.75 Å². The van der Waals surface area contributed by atoms with Gasteiger partial charge in [-0.25, -0.2) is 0 Å². The zero-order valence-electron chi connectivity index (χ0n) is 11.2. The number of aromatic hydroxyl groups is 1. The predicted octanol–water partition coefficient (Wildman–Crippen LogP) is 2.25. The number of phenolic OH excluding ortho intramolecular Hbond substituents is 1. The fraction of sp³-hybridized carbons (Fsp3) is 0. The van der Waals surface area contributed by atoms with E-state index in [2.05, 4.69) is 0 Å². The van der Waals surface area contributed by atoms with Crippen LogP contribution in [-0.4, -0.2) is 26.5 Å². The van der Waals surface area contributed by atoms with Gasteiger partial charge < -0.3 is 5.11 Å². The number of hydrogen-bond acceptors (Lipinski definition) is 7. The first-order valence-corrected chi connectivity index (χ1v) is 6.21. The van der Waals surface area contributed by atoms with Crippen LogP contribution in [0.4, 0.5) is 11.4 Å². The molecule has 3 rings (SSSR count). The van der Waals surface area contributed by atoms with Crippen molar-refractivity contribution in [3.05, 3.63) is 61.7 Å². The third-order valence-corrected chi connectivity index (χ3v) is 3.53. The molecule has 0 atom stereocenters. The lowest BCUT2D eigenvalue weighted by atomic mass is 9.82. The second kappa shape index (κ2) is 4.70. The van der Waals surface area contributed by atoms with Crippen molar-refractivity contribution in [2.24, 2.45) is 0 Å². The van der Waals surface area contributed by atoms with Gasteiger partial charge in [-0.3, -0.25) is 29.8 Å². The first kappa shape index (κ1) is 14.3. The summed E-state index contributed by atoms with van der Waals surface area (Å²) in [6, 6.07) is 6.40. The van der Waals surface area contributed by atoms with Gasteiger partial charge in [0.15, 0.2) is 0 Å². The number of nitro groups is 2. The molecule has 0 aromatic heterocycles. The van der Waals surface area contributed by atoms with Gasteiger partial charge >= 0.3 is 11.4 Å². The minimum absolute atomic E-state index is 0.0246. The van der Waals surface area contributed by atoms with Gasteiger partial charge in [0.25, 0.3) is 0 Å². The van der Waals surface area contributed by atoms with Crippen molar-refractivity contribution in [3.63, 3.8) is 0 Å².